The first kappa shape index (κ1) is 13.5. The molecule has 2 N–H and O–H groups in total. The lowest BCUT2D eigenvalue weighted by Gasteiger charge is -2.18. The van der Waals surface area contributed by atoms with Crippen LogP contribution in [0.2, 0.25) is 0 Å². The molecule has 0 amide bonds. The van der Waals surface area contributed by atoms with Crippen LogP contribution in [0.25, 0.3) is 0 Å². The van der Waals surface area contributed by atoms with E-state index in [1.807, 2.05) is 11.8 Å². The third-order valence-corrected chi connectivity index (χ3v) is 2.64. The number of carbonyl (C=O) groups excluding carboxylic acids is 1. The Kier molecular flexibility index (Phi) is 4.97. The summed E-state index contributed by atoms with van der Waals surface area (Å²) < 4.78 is 0. The average Bonchev–Trinajstić information content (AvgIpc) is 2.28. The Morgan fingerprint density at radius 2 is 2.00 bits per heavy atom. The Bertz CT molecular complexity index is 390. The fraction of sp³-hybridized carbons (Fsp3) is 0.462. The quantitative estimate of drug-likeness (QED) is 0.743. The normalized spacial score (nSPS) is 10.8. The van der Waals surface area contributed by atoms with Crippen molar-refractivity contribution in [2.75, 3.05) is 19.6 Å². The number of Topliss-reactive ketones (excluding diaryl/α,β-unsaturated/α-hetero) is 1. The number of likely N-dealkylation sites (N-methyl/N-ethyl adjacent to an activating group) is 1. The number of rotatable bonds is 6. The summed E-state index contributed by atoms with van der Waals surface area (Å²) in [6.07, 6.45) is 0.989. The molecular formula is C13H19NO3. The average molecular weight is 237 g/mol. The molecule has 4 heteroatoms. The van der Waals surface area contributed by atoms with Gasteiger partial charge < -0.3 is 10.2 Å². The Labute approximate surface area is 101 Å². The van der Waals surface area contributed by atoms with Crippen LogP contribution in [-0.2, 0) is 0 Å². The first-order valence-electron chi connectivity index (χ1n) is 5.86. The summed E-state index contributed by atoms with van der Waals surface area (Å²) in [4.78, 5) is 14.0. The van der Waals surface area contributed by atoms with Gasteiger partial charge >= 0.3 is 0 Å². The third-order valence-electron chi connectivity index (χ3n) is 2.64. The second kappa shape index (κ2) is 6.25. The van der Waals surface area contributed by atoms with Gasteiger partial charge in [-0.15, -0.1) is 0 Å². The molecule has 1 aromatic rings. The van der Waals surface area contributed by atoms with E-state index in [1.54, 1.807) is 0 Å². The predicted octanol–water partition coefficient (Wildman–Crippen LogP) is 2.01. The lowest BCUT2D eigenvalue weighted by atomic mass is 10.1. The number of hydrogen-bond acceptors (Lipinski definition) is 4. The van der Waals surface area contributed by atoms with Crippen molar-refractivity contribution >= 4 is 5.78 Å². The summed E-state index contributed by atoms with van der Waals surface area (Å²) in [5, 5.41) is 18.7. The molecule has 0 aliphatic rings. The summed E-state index contributed by atoms with van der Waals surface area (Å²) in [6, 6.07) is 4.04. The Balaban J connectivity index is 2.75. The maximum absolute atomic E-state index is 11.9. The van der Waals surface area contributed by atoms with E-state index >= 15 is 0 Å². The van der Waals surface area contributed by atoms with Crippen molar-refractivity contribution in [2.45, 2.75) is 20.3 Å². The second-order valence-electron chi connectivity index (χ2n) is 3.99. The molecule has 4 nitrogen and oxygen atoms in total. The van der Waals surface area contributed by atoms with Crippen LogP contribution in [0.4, 0.5) is 0 Å². The van der Waals surface area contributed by atoms with E-state index in [9.17, 15) is 9.90 Å². The minimum absolute atomic E-state index is 0.0417. The number of benzene rings is 1. The van der Waals surface area contributed by atoms with E-state index in [4.69, 9.17) is 5.11 Å². The van der Waals surface area contributed by atoms with Crippen molar-refractivity contribution in [2.24, 2.45) is 0 Å². The smallest absolute Gasteiger partial charge is 0.180 e. The molecule has 17 heavy (non-hydrogen) atoms. The van der Waals surface area contributed by atoms with E-state index in [-0.39, 0.29) is 22.8 Å². The van der Waals surface area contributed by atoms with Gasteiger partial charge in [0.25, 0.3) is 0 Å². The van der Waals surface area contributed by atoms with Gasteiger partial charge in [-0.05, 0) is 31.6 Å². The molecule has 0 aliphatic carbocycles. The molecule has 0 atom stereocenters. The summed E-state index contributed by atoms with van der Waals surface area (Å²) in [5.74, 6) is -0.333. The lowest BCUT2D eigenvalue weighted by Crippen LogP contribution is -2.30. The van der Waals surface area contributed by atoms with E-state index < -0.39 is 0 Å². The molecule has 0 radical (unpaired) electrons. The van der Waals surface area contributed by atoms with Crippen LogP contribution in [-0.4, -0.2) is 40.5 Å². The monoisotopic (exact) mass is 237 g/mol. The van der Waals surface area contributed by atoms with Gasteiger partial charge in [-0.25, -0.2) is 0 Å². The van der Waals surface area contributed by atoms with E-state index in [2.05, 4.69) is 6.92 Å². The van der Waals surface area contributed by atoms with Crippen molar-refractivity contribution in [1.82, 2.24) is 4.90 Å². The van der Waals surface area contributed by atoms with Crippen molar-refractivity contribution in [1.29, 1.82) is 0 Å². The fourth-order valence-electron chi connectivity index (χ4n) is 1.71. The number of hydrogen-bond donors (Lipinski definition) is 2. The van der Waals surface area contributed by atoms with Crippen molar-refractivity contribution in [3.63, 3.8) is 0 Å². The summed E-state index contributed by atoms with van der Waals surface area (Å²) in [5.41, 5.74) is 0.261. The molecule has 0 heterocycles. The first-order chi connectivity index (χ1) is 8.08. The SMILES string of the molecule is CCCN(CC)CC(=O)c1ccc(O)cc1O. The molecule has 1 aromatic carbocycles. The summed E-state index contributed by atoms with van der Waals surface area (Å²) >= 11 is 0. The van der Waals surface area contributed by atoms with Crippen LogP contribution in [0.3, 0.4) is 0 Å². The molecule has 94 valence electrons. The first-order valence-corrected chi connectivity index (χ1v) is 5.86. The molecular weight excluding hydrogens is 218 g/mol. The van der Waals surface area contributed by atoms with Crippen molar-refractivity contribution in [3.8, 4) is 11.5 Å². The number of phenolic OH excluding ortho intramolecular Hbond substituents is 2. The number of nitrogens with zero attached hydrogens (tertiary/aromatic N) is 1. The molecule has 0 unspecified atom stereocenters. The topological polar surface area (TPSA) is 60.8 Å². The number of aromatic hydroxyl groups is 2. The highest BCUT2D eigenvalue weighted by atomic mass is 16.3. The minimum atomic E-state index is -0.164. The maximum Gasteiger partial charge on any atom is 0.180 e. The van der Waals surface area contributed by atoms with Crippen LogP contribution in [0.5, 0.6) is 11.5 Å². The van der Waals surface area contributed by atoms with E-state index in [0.29, 0.717) is 6.54 Å². The minimum Gasteiger partial charge on any atom is -0.508 e. The molecule has 0 aliphatic heterocycles. The van der Waals surface area contributed by atoms with Gasteiger partial charge in [0.2, 0.25) is 0 Å². The van der Waals surface area contributed by atoms with Gasteiger partial charge in [0.05, 0.1) is 12.1 Å². The fourth-order valence-corrected chi connectivity index (χ4v) is 1.71. The highest BCUT2D eigenvalue weighted by Crippen LogP contribution is 2.23. The molecule has 0 spiro atoms. The zero-order valence-corrected chi connectivity index (χ0v) is 10.3. The largest absolute Gasteiger partial charge is 0.508 e. The summed E-state index contributed by atoms with van der Waals surface area (Å²) in [7, 11) is 0. The third kappa shape index (κ3) is 3.75. The molecule has 0 aromatic heterocycles. The van der Waals surface area contributed by atoms with Gasteiger partial charge in [-0.3, -0.25) is 9.69 Å². The van der Waals surface area contributed by atoms with Crippen molar-refractivity contribution in [3.05, 3.63) is 23.8 Å². The van der Waals surface area contributed by atoms with Crippen LogP contribution < -0.4 is 0 Å². The van der Waals surface area contributed by atoms with Crippen LogP contribution >= 0.6 is 0 Å². The lowest BCUT2D eigenvalue weighted by molar-refractivity contribution is 0.0931. The van der Waals surface area contributed by atoms with Crippen LogP contribution in [0.1, 0.15) is 30.6 Å². The Morgan fingerprint density at radius 1 is 1.29 bits per heavy atom. The Hall–Kier alpha value is -1.55. The van der Waals surface area contributed by atoms with Crippen LogP contribution in [0, 0.1) is 0 Å². The predicted molar refractivity (Wildman–Crippen MR) is 66.5 cm³/mol. The standard InChI is InChI=1S/C13H19NO3/c1-3-7-14(4-2)9-13(17)11-6-5-10(15)8-12(11)16/h5-6,8,15-16H,3-4,7,9H2,1-2H3. The van der Waals surface area contributed by atoms with Crippen LogP contribution in [0.15, 0.2) is 18.2 Å². The van der Waals surface area contributed by atoms with E-state index in [0.717, 1.165) is 19.5 Å². The second-order valence-corrected chi connectivity index (χ2v) is 3.99. The Morgan fingerprint density at radius 3 is 2.53 bits per heavy atom. The van der Waals surface area contributed by atoms with Gasteiger partial charge in [0.1, 0.15) is 11.5 Å². The maximum atomic E-state index is 11.9. The number of carbonyl (C=O) groups is 1. The molecule has 0 fully saturated rings. The molecule has 1 rings (SSSR count). The highest BCUT2D eigenvalue weighted by Gasteiger charge is 2.14. The van der Waals surface area contributed by atoms with E-state index in [1.165, 1.54) is 18.2 Å². The summed E-state index contributed by atoms with van der Waals surface area (Å²) in [6.45, 7) is 6.02. The molecule has 0 saturated carbocycles. The van der Waals surface area contributed by atoms with Gasteiger partial charge in [0, 0.05) is 6.07 Å². The highest BCUT2D eigenvalue weighted by molar-refractivity contribution is 6.00. The zero-order chi connectivity index (χ0) is 12.8. The van der Waals surface area contributed by atoms with Gasteiger partial charge in [0.15, 0.2) is 5.78 Å². The van der Waals surface area contributed by atoms with Gasteiger partial charge in [-0.1, -0.05) is 13.8 Å². The van der Waals surface area contributed by atoms with Crippen molar-refractivity contribution < 1.29 is 15.0 Å². The molecule has 0 saturated heterocycles. The zero-order valence-electron chi connectivity index (χ0n) is 10.3. The number of phenols is 2. The molecule has 0 bridgehead atoms. The van der Waals surface area contributed by atoms with Gasteiger partial charge in [-0.2, -0.15) is 0 Å². The number of ketones is 1.